The molecule has 1 aliphatic rings. The molecule has 13 heteroatoms. The Kier molecular flexibility index (Phi) is 7.84. The summed E-state index contributed by atoms with van der Waals surface area (Å²) in [7, 11) is 0. The van der Waals surface area contributed by atoms with Crippen LogP contribution < -0.4 is 16.0 Å². The van der Waals surface area contributed by atoms with Crippen LogP contribution in [0.1, 0.15) is 16.2 Å². The number of rotatable bonds is 9. The Balaban J connectivity index is 1.18. The third-order valence-corrected chi connectivity index (χ3v) is 6.22. The van der Waals surface area contributed by atoms with E-state index in [4.69, 9.17) is 4.74 Å². The lowest BCUT2D eigenvalue weighted by Gasteiger charge is -2.26. The van der Waals surface area contributed by atoms with E-state index in [1.165, 1.54) is 11.3 Å². The summed E-state index contributed by atoms with van der Waals surface area (Å²) in [6, 6.07) is 9.17. The lowest BCUT2D eigenvalue weighted by Crippen LogP contribution is -2.44. The lowest BCUT2D eigenvalue weighted by molar-refractivity contribution is 0.0450. The highest BCUT2D eigenvalue weighted by atomic mass is 32.1. The Morgan fingerprint density at radius 1 is 1.03 bits per heavy atom. The van der Waals surface area contributed by atoms with Crippen LogP contribution in [0.15, 0.2) is 48.1 Å². The number of hydrogen-bond donors (Lipinski definition) is 3. The van der Waals surface area contributed by atoms with Gasteiger partial charge in [-0.3, -0.25) is 10.2 Å². The molecule has 0 spiro atoms. The summed E-state index contributed by atoms with van der Waals surface area (Å²) in [6.45, 7) is 6.80. The van der Waals surface area contributed by atoms with Crippen molar-refractivity contribution >= 4 is 40.0 Å². The second-order valence-corrected chi connectivity index (χ2v) is 9.07. The van der Waals surface area contributed by atoms with Crippen molar-refractivity contribution in [1.29, 1.82) is 0 Å². The van der Waals surface area contributed by atoms with E-state index in [2.05, 4.69) is 50.8 Å². The number of nitrogens with zero attached hydrogens (tertiary/aromatic N) is 7. The summed E-state index contributed by atoms with van der Waals surface area (Å²) in [6.07, 6.45) is 3.27. The minimum atomic E-state index is -0.446. The molecule has 0 aromatic carbocycles. The summed E-state index contributed by atoms with van der Waals surface area (Å²) in [5.41, 5.74) is 1.83. The fourth-order valence-electron chi connectivity index (χ4n) is 3.64. The van der Waals surface area contributed by atoms with Crippen molar-refractivity contribution in [2.24, 2.45) is 0 Å². The van der Waals surface area contributed by atoms with Crippen molar-refractivity contribution in [2.45, 2.75) is 6.92 Å². The SMILES string of the molecule is Cc1cccc(-c2nccc(Nc3ccnc(Nc4nc(C(=O)OCCN5CCNCC5)cs4)n3)n2)n1. The zero-order valence-corrected chi connectivity index (χ0v) is 21.0. The van der Waals surface area contributed by atoms with Crippen LogP contribution in [-0.2, 0) is 4.74 Å². The smallest absolute Gasteiger partial charge is 0.357 e. The second-order valence-electron chi connectivity index (χ2n) is 8.21. The third-order valence-electron chi connectivity index (χ3n) is 5.47. The molecule has 0 saturated carbocycles. The van der Waals surface area contributed by atoms with Crippen LogP contribution in [0, 0.1) is 6.92 Å². The van der Waals surface area contributed by atoms with Gasteiger partial charge in [0.15, 0.2) is 16.6 Å². The average molecular weight is 519 g/mol. The van der Waals surface area contributed by atoms with Gasteiger partial charge in [0.2, 0.25) is 5.95 Å². The Hall–Kier alpha value is -4.07. The fraction of sp³-hybridized carbons (Fsp3) is 0.292. The molecule has 0 atom stereocenters. The predicted octanol–water partition coefficient (Wildman–Crippen LogP) is 2.64. The van der Waals surface area contributed by atoms with E-state index in [1.54, 1.807) is 29.9 Å². The molecule has 190 valence electrons. The van der Waals surface area contributed by atoms with Gasteiger partial charge in [-0.15, -0.1) is 11.3 Å². The number of carbonyl (C=O) groups is 1. The van der Waals surface area contributed by atoms with Gasteiger partial charge in [0.05, 0.1) is 0 Å². The first-order chi connectivity index (χ1) is 18.1. The first-order valence-corrected chi connectivity index (χ1v) is 12.7. The summed E-state index contributed by atoms with van der Waals surface area (Å²) in [5, 5.41) is 11.6. The number of esters is 1. The molecule has 5 heterocycles. The number of pyridine rings is 1. The van der Waals surface area contributed by atoms with Crippen molar-refractivity contribution in [3.8, 4) is 11.5 Å². The van der Waals surface area contributed by atoms with Crippen molar-refractivity contribution in [3.63, 3.8) is 0 Å². The summed E-state index contributed by atoms with van der Waals surface area (Å²) >= 11 is 1.28. The van der Waals surface area contributed by atoms with Crippen LogP contribution >= 0.6 is 11.3 Å². The highest BCUT2D eigenvalue weighted by Gasteiger charge is 2.15. The quantitative estimate of drug-likeness (QED) is 0.280. The Morgan fingerprint density at radius 2 is 1.84 bits per heavy atom. The average Bonchev–Trinajstić information content (AvgIpc) is 3.38. The number of hydrogen-bond acceptors (Lipinski definition) is 13. The molecule has 0 radical (unpaired) electrons. The number of thiazole rings is 1. The highest BCUT2D eigenvalue weighted by Crippen LogP contribution is 2.21. The first kappa shape index (κ1) is 24.6. The van der Waals surface area contributed by atoms with Crippen molar-refractivity contribution in [2.75, 3.05) is 50.0 Å². The minimum absolute atomic E-state index is 0.250. The third kappa shape index (κ3) is 6.78. The Bertz CT molecular complexity index is 1360. The number of anilines is 4. The van der Waals surface area contributed by atoms with Gasteiger partial charge in [-0.1, -0.05) is 6.07 Å². The van der Waals surface area contributed by atoms with Crippen LogP contribution in [0.5, 0.6) is 0 Å². The van der Waals surface area contributed by atoms with Gasteiger partial charge >= 0.3 is 5.97 Å². The molecule has 12 nitrogen and oxygen atoms in total. The van der Waals surface area contributed by atoms with Crippen molar-refractivity contribution in [1.82, 2.24) is 40.1 Å². The van der Waals surface area contributed by atoms with Gasteiger partial charge in [0.1, 0.15) is 23.9 Å². The van der Waals surface area contributed by atoms with Crippen LogP contribution in [-0.4, -0.2) is 80.1 Å². The van der Waals surface area contributed by atoms with Gasteiger partial charge in [0.25, 0.3) is 0 Å². The maximum absolute atomic E-state index is 12.4. The van der Waals surface area contributed by atoms with Crippen LogP contribution in [0.3, 0.4) is 0 Å². The standard InChI is InChI=1S/C24H26N10O2S/c1-16-3-2-4-17(28-16)21-26-7-5-19(31-21)30-20-6-8-27-23(32-20)33-24-29-18(15-37-24)22(35)36-14-13-34-11-9-25-10-12-34/h2-8,15,25H,9-14H2,1H3,(H2,26,27,29,30,31,32,33). The monoisotopic (exact) mass is 518 g/mol. The van der Waals surface area contributed by atoms with E-state index in [1.807, 2.05) is 25.1 Å². The highest BCUT2D eigenvalue weighted by molar-refractivity contribution is 7.14. The molecule has 0 aliphatic carbocycles. The topological polar surface area (TPSA) is 143 Å². The molecule has 0 amide bonds. The number of nitrogens with one attached hydrogen (secondary N) is 3. The Labute approximate surface area is 217 Å². The largest absolute Gasteiger partial charge is 0.460 e. The number of piperazine rings is 1. The van der Waals surface area contributed by atoms with Crippen molar-refractivity contribution < 1.29 is 9.53 Å². The molecule has 1 aliphatic heterocycles. The van der Waals surface area contributed by atoms with Gasteiger partial charge in [-0.2, -0.15) is 4.98 Å². The Morgan fingerprint density at radius 3 is 2.68 bits per heavy atom. The molecule has 1 saturated heterocycles. The number of ether oxygens (including phenoxy) is 1. The summed E-state index contributed by atoms with van der Waals surface area (Å²) in [4.78, 5) is 41.0. The summed E-state index contributed by atoms with van der Waals surface area (Å²) in [5.74, 6) is 1.49. The van der Waals surface area contributed by atoms with Crippen molar-refractivity contribution in [3.05, 3.63) is 59.5 Å². The summed E-state index contributed by atoms with van der Waals surface area (Å²) < 4.78 is 5.39. The maximum atomic E-state index is 12.4. The maximum Gasteiger partial charge on any atom is 0.357 e. The molecular formula is C24H26N10O2S. The van der Waals surface area contributed by atoms with Gasteiger partial charge < -0.3 is 15.4 Å². The zero-order valence-electron chi connectivity index (χ0n) is 20.2. The molecule has 0 unspecified atom stereocenters. The molecule has 4 aromatic heterocycles. The second kappa shape index (κ2) is 11.8. The fourth-order valence-corrected chi connectivity index (χ4v) is 4.31. The van der Waals surface area contributed by atoms with E-state index in [9.17, 15) is 4.79 Å². The van der Waals surface area contributed by atoms with Gasteiger partial charge in [-0.05, 0) is 31.2 Å². The molecule has 37 heavy (non-hydrogen) atoms. The van der Waals surface area contributed by atoms with Crippen LogP contribution in [0.4, 0.5) is 22.7 Å². The van der Waals surface area contributed by atoms with E-state index in [-0.39, 0.29) is 5.69 Å². The van der Waals surface area contributed by atoms with E-state index in [0.717, 1.165) is 31.9 Å². The van der Waals surface area contributed by atoms with Gasteiger partial charge in [0, 0.05) is 56.2 Å². The molecule has 5 rings (SSSR count). The van der Waals surface area contributed by atoms with E-state index in [0.29, 0.717) is 47.4 Å². The molecular weight excluding hydrogens is 492 g/mol. The zero-order chi connectivity index (χ0) is 25.5. The van der Waals surface area contributed by atoms with Crippen LogP contribution in [0.25, 0.3) is 11.5 Å². The van der Waals surface area contributed by atoms with Crippen LogP contribution in [0.2, 0.25) is 0 Å². The molecule has 1 fully saturated rings. The van der Waals surface area contributed by atoms with Gasteiger partial charge in [-0.25, -0.2) is 29.7 Å². The first-order valence-electron chi connectivity index (χ1n) is 11.8. The number of aryl methyl sites for hydroxylation is 1. The molecule has 4 aromatic rings. The normalized spacial score (nSPS) is 13.8. The molecule has 3 N–H and O–H groups in total. The van der Waals surface area contributed by atoms with E-state index >= 15 is 0 Å². The van der Waals surface area contributed by atoms with E-state index < -0.39 is 5.97 Å². The predicted molar refractivity (Wildman–Crippen MR) is 140 cm³/mol. The lowest BCUT2D eigenvalue weighted by atomic mass is 10.3. The number of carbonyl (C=O) groups excluding carboxylic acids is 1. The molecule has 0 bridgehead atoms. The number of aromatic nitrogens is 6. The minimum Gasteiger partial charge on any atom is -0.460 e.